The van der Waals surface area contributed by atoms with Gasteiger partial charge in [-0.15, -0.1) is 0 Å². The number of hydrogen-bond acceptors (Lipinski definition) is 4. The topological polar surface area (TPSA) is 96.9 Å². The van der Waals surface area contributed by atoms with Crippen molar-refractivity contribution in [2.24, 2.45) is 22.7 Å². The van der Waals surface area contributed by atoms with E-state index in [2.05, 4.69) is 24.3 Å². The third kappa shape index (κ3) is 6.78. The Kier molecular flexibility index (Phi) is 8.13. The van der Waals surface area contributed by atoms with Gasteiger partial charge >= 0.3 is 0 Å². The zero-order valence-electron chi connectivity index (χ0n) is 10.8. The third-order valence-corrected chi connectivity index (χ3v) is 2.19. The van der Waals surface area contributed by atoms with Crippen molar-refractivity contribution in [3.63, 3.8) is 0 Å². The molecule has 6 nitrogen and oxygen atoms in total. The molecule has 0 rings (SSSR count). The average molecular weight is 245 g/mol. The first kappa shape index (κ1) is 15.7. The van der Waals surface area contributed by atoms with Crippen molar-refractivity contribution in [1.82, 2.24) is 5.32 Å². The highest BCUT2D eigenvalue weighted by atomic mass is 16.5. The van der Waals surface area contributed by atoms with Gasteiger partial charge < -0.3 is 21.0 Å². The standard InChI is InChI=1S/C11H23N3O3/c1-4-9(10(12)14-16)11(15)13-5-6-17-7-8(2)3/h8-9,16H,4-7H2,1-3H3,(H2,12,14)(H,13,15). The molecule has 0 spiro atoms. The summed E-state index contributed by atoms with van der Waals surface area (Å²) in [4.78, 5) is 11.6. The second-order valence-corrected chi connectivity index (χ2v) is 4.25. The van der Waals surface area contributed by atoms with E-state index in [4.69, 9.17) is 15.7 Å². The number of hydrogen-bond donors (Lipinski definition) is 3. The Bertz CT molecular complexity index is 254. The number of rotatable bonds is 8. The number of nitrogens with two attached hydrogens (primary N) is 1. The predicted molar refractivity (Wildman–Crippen MR) is 65.9 cm³/mol. The molecule has 6 heteroatoms. The Morgan fingerprint density at radius 3 is 2.65 bits per heavy atom. The number of oxime groups is 1. The minimum absolute atomic E-state index is 0.0619. The van der Waals surface area contributed by atoms with E-state index in [0.29, 0.717) is 32.1 Å². The number of carbonyl (C=O) groups excluding carboxylic acids is 1. The number of nitrogens with zero attached hydrogens (tertiary/aromatic N) is 1. The van der Waals surface area contributed by atoms with Crippen LogP contribution in [0, 0.1) is 11.8 Å². The molecule has 0 aromatic rings. The quantitative estimate of drug-likeness (QED) is 0.191. The van der Waals surface area contributed by atoms with Crippen molar-refractivity contribution in [2.45, 2.75) is 27.2 Å². The van der Waals surface area contributed by atoms with Crippen molar-refractivity contribution in [1.29, 1.82) is 0 Å². The molecule has 100 valence electrons. The summed E-state index contributed by atoms with van der Waals surface area (Å²) in [6, 6.07) is 0. The van der Waals surface area contributed by atoms with Gasteiger partial charge in [0.1, 0.15) is 0 Å². The van der Waals surface area contributed by atoms with Crippen LogP contribution in [-0.4, -0.2) is 36.7 Å². The molecule has 1 amide bonds. The average Bonchev–Trinajstić information content (AvgIpc) is 2.28. The van der Waals surface area contributed by atoms with E-state index in [0.717, 1.165) is 0 Å². The summed E-state index contributed by atoms with van der Waals surface area (Å²) in [5, 5.41) is 14.1. The second kappa shape index (κ2) is 8.81. The first-order valence-corrected chi connectivity index (χ1v) is 5.85. The molecule has 17 heavy (non-hydrogen) atoms. The summed E-state index contributed by atoms with van der Waals surface area (Å²) in [6.45, 7) is 7.50. The molecular formula is C11H23N3O3. The summed E-state index contributed by atoms with van der Waals surface area (Å²) in [5.41, 5.74) is 5.41. The van der Waals surface area contributed by atoms with Crippen LogP contribution in [0.5, 0.6) is 0 Å². The van der Waals surface area contributed by atoms with Crippen molar-refractivity contribution in [3.8, 4) is 0 Å². The van der Waals surface area contributed by atoms with Crippen LogP contribution in [0.15, 0.2) is 5.16 Å². The van der Waals surface area contributed by atoms with E-state index >= 15 is 0 Å². The van der Waals surface area contributed by atoms with E-state index in [1.165, 1.54) is 0 Å². The van der Waals surface area contributed by atoms with Crippen LogP contribution >= 0.6 is 0 Å². The summed E-state index contributed by atoms with van der Waals surface area (Å²) < 4.78 is 5.32. The van der Waals surface area contributed by atoms with Crippen LogP contribution in [-0.2, 0) is 9.53 Å². The maximum atomic E-state index is 11.6. The van der Waals surface area contributed by atoms with Gasteiger partial charge in [0.05, 0.1) is 12.5 Å². The fourth-order valence-corrected chi connectivity index (χ4v) is 1.29. The normalized spacial score (nSPS) is 13.8. The van der Waals surface area contributed by atoms with Gasteiger partial charge in [-0.2, -0.15) is 0 Å². The van der Waals surface area contributed by atoms with Crippen LogP contribution in [0.3, 0.4) is 0 Å². The highest BCUT2D eigenvalue weighted by molar-refractivity contribution is 6.01. The summed E-state index contributed by atoms with van der Waals surface area (Å²) >= 11 is 0. The van der Waals surface area contributed by atoms with E-state index in [1.807, 2.05) is 0 Å². The van der Waals surface area contributed by atoms with E-state index < -0.39 is 5.92 Å². The maximum Gasteiger partial charge on any atom is 0.230 e. The number of ether oxygens (including phenoxy) is 1. The van der Waals surface area contributed by atoms with Crippen molar-refractivity contribution < 1.29 is 14.7 Å². The lowest BCUT2D eigenvalue weighted by Gasteiger charge is -2.13. The molecule has 0 saturated carbocycles. The van der Waals surface area contributed by atoms with Gasteiger partial charge in [-0.3, -0.25) is 4.79 Å². The molecule has 4 N–H and O–H groups in total. The van der Waals surface area contributed by atoms with E-state index in [9.17, 15) is 4.79 Å². The molecule has 1 atom stereocenters. The first-order valence-electron chi connectivity index (χ1n) is 5.85. The third-order valence-electron chi connectivity index (χ3n) is 2.19. The number of amidine groups is 1. The molecule has 1 unspecified atom stereocenters. The van der Waals surface area contributed by atoms with Crippen molar-refractivity contribution >= 4 is 11.7 Å². The molecule has 0 aliphatic carbocycles. The van der Waals surface area contributed by atoms with Crippen LogP contribution in [0.25, 0.3) is 0 Å². The van der Waals surface area contributed by atoms with Crippen LogP contribution < -0.4 is 11.1 Å². The predicted octanol–water partition coefficient (Wildman–Crippen LogP) is 0.548. The lowest BCUT2D eigenvalue weighted by atomic mass is 10.1. The summed E-state index contributed by atoms with van der Waals surface area (Å²) in [5.74, 6) is -0.402. The Balaban J connectivity index is 3.84. The van der Waals surface area contributed by atoms with Crippen LogP contribution in [0.1, 0.15) is 27.2 Å². The molecule has 0 aromatic carbocycles. The molecule has 0 fully saturated rings. The Morgan fingerprint density at radius 2 is 2.18 bits per heavy atom. The molecule has 0 bridgehead atoms. The lowest BCUT2D eigenvalue weighted by Crippen LogP contribution is -2.39. The first-order chi connectivity index (χ1) is 8.02. The Morgan fingerprint density at radius 1 is 1.53 bits per heavy atom. The van der Waals surface area contributed by atoms with Crippen molar-refractivity contribution in [3.05, 3.63) is 0 Å². The fraction of sp³-hybridized carbons (Fsp3) is 0.818. The lowest BCUT2D eigenvalue weighted by molar-refractivity contribution is -0.123. The van der Waals surface area contributed by atoms with E-state index in [1.54, 1.807) is 6.92 Å². The van der Waals surface area contributed by atoms with Gasteiger partial charge in [0.25, 0.3) is 0 Å². The maximum absolute atomic E-state index is 11.6. The second-order valence-electron chi connectivity index (χ2n) is 4.25. The van der Waals surface area contributed by atoms with Gasteiger partial charge in [0, 0.05) is 13.2 Å². The molecular weight excluding hydrogens is 222 g/mol. The SMILES string of the molecule is CCC(C(=O)NCCOCC(C)C)C(N)=NO. The van der Waals surface area contributed by atoms with E-state index in [-0.39, 0.29) is 11.7 Å². The zero-order valence-corrected chi connectivity index (χ0v) is 10.8. The van der Waals surface area contributed by atoms with Crippen LogP contribution in [0.2, 0.25) is 0 Å². The highest BCUT2D eigenvalue weighted by Crippen LogP contribution is 2.02. The molecule has 0 aliphatic rings. The number of amides is 1. The van der Waals surface area contributed by atoms with Gasteiger partial charge in [0.2, 0.25) is 5.91 Å². The Labute approximate surface area is 102 Å². The molecule has 0 aliphatic heterocycles. The minimum Gasteiger partial charge on any atom is -0.409 e. The molecule has 0 aromatic heterocycles. The van der Waals surface area contributed by atoms with Gasteiger partial charge in [0.15, 0.2) is 5.84 Å². The summed E-state index contributed by atoms with van der Waals surface area (Å²) in [7, 11) is 0. The van der Waals surface area contributed by atoms with Gasteiger partial charge in [-0.25, -0.2) is 0 Å². The van der Waals surface area contributed by atoms with Crippen LogP contribution in [0.4, 0.5) is 0 Å². The highest BCUT2D eigenvalue weighted by Gasteiger charge is 2.20. The molecule has 0 heterocycles. The molecule has 0 radical (unpaired) electrons. The van der Waals surface area contributed by atoms with Crippen molar-refractivity contribution in [2.75, 3.05) is 19.8 Å². The van der Waals surface area contributed by atoms with Gasteiger partial charge in [-0.1, -0.05) is 25.9 Å². The summed E-state index contributed by atoms with van der Waals surface area (Å²) in [6.07, 6.45) is 0.495. The molecule has 0 saturated heterocycles. The largest absolute Gasteiger partial charge is 0.409 e. The minimum atomic E-state index is -0.579. The number of carbonyl (C=O) groups is 1. The zero-order chi connectivity index (χ0) is 13.3. The van der Waals surface area contributed by atoms with Gasteiger partial charge in [-0.05, 0) is 12.3 Å². The Hall–Kier alpha value is -1.30. The monoisotopic (exact) mass is 245 g/mol. The fourth-order valence-electron chi connectivity index (χ4n) is 1.29. The number of nitrogens with one attached hydrogen (secondary N) is 1. The smallest absolute Gasteiger partial charge is 0.230 e.